The fraction of sp³-hybridized carbons (Fsp3) is 0.438. The highest BCUT2D eigenvalue weighted by Gasteiger charge is 2.26. The van der Waals surface area contributed by atoms with Crippen LogP contribution in [0.2, 0.25) is 0 Å². The molecule has 2 heterocycles. The third-order valence-corrected chi connectivity index (χ3v) is 5.84. The van der Waals surface area contributed by atoms with Gasteiger partial charge in [-0.15, -0.1) is 33.3 Å². The summed E-state index contributed by atoms with van der Waals surface area (Å²) in [7, 11) is 0. The van der Waals surface area contributed by atoms with E-state index in [1.807, 2.05) is 11.8 Å². The summed E-state index contributed by atoms with van der Waals surface area (Å²) < 4.78 is 12.9. The Morgan fingerprint density at radius 2 is 2.17 bits per heavy atom. The molecule has 122 valence electrons. The van der Waals surface area contributed by atoms with Crippen LogP contribution in [-0.4, -0.2) is 39.8 Å². The Labute approximate surface area is 143 Å². The highest BCUT2D eigenvalue weighted by Crippen LogP contribution is 2.29. The summed E-state index contributed by atoms with van der Waals surface area (Å²) >= 11 is 3.07. The van der Waals surface area contributed by atoms with Gasteiger partial charge in [-0.25, -0.2) is 4.39 Å². The lowest BCUT2D eigenvalue weighted by Gasteiger charge is -2.31. The van der Waals surface area contributed by atoms with Gasteiger partial charge in [0.05, 0.1) is 5.75 Å². The molecule has 1 aromatic carbocycles. The van der Waals surface area contributed by atoms with E-state index in [0.717, 1.165) is 40.8 Å². The molecule has 23 heavy (non-hydrogen) atoms. The third-order valence-electron chi connectivity index (χ3n) is 3.84. The van der Waals surface area contributed by atoms with Crippen molar-refractivity contribution < 1.29 is 9.18 Å². The van der Waals surface area contributed by atoms with Gasteiger partial charge in [0, 0.05) is 23.9 Å². The van der Waals surface area contributed by atoms with E-state index in [-0.39, 0.29) is 11.7 Å². The first kappa shape index (κ1) is 16.4. The van der Waals surface area contributed by atoms with Crippen molar-refractivity contribution in [1.29, 1.82) is 0 Å². The number of carbonyl (C=O) groups is 1. The molecule has 7 heteroatoms. The van der Waals surface area contributed by atoms with Crippen molar-refractivity contribution in [3.8, 4) is 0 Å². The van der Waals surface area contributed by atoms with E-state index in [1.54, 1.807) is 23.5 Å². The molecule has 0 spiro atoms. The Morgan fingerprint density at radius 3 is 2.87 bits per heavy atom. The zero-order valence-electron chi connectivity index (χ0n) is 12.9. The Balaban J connectivity index is 1.55. The first-order valence-electron chi connectivity index (χ1n) is 7.58. The van der Waals surface area contributed by atoms with E-state index < -0.39 is 0 Å². The number of piperidine rings is 1. The first-order chi connectivity index (χ1) is 11.1. The molecule has 3 rings (SSSR count). The van der Waals surface area contributed by atoms with E-state index >= 15 is 0 Å². The van der Waals surface area contributed by atoms with Gasteiger partial charge in [0.15, 0.2) is 0 Å². The second-order valence-electron chi connectivity index (χ2n) is 5.58. The number of rotatable bonds is 4. The average molecular weight is 351 g/mol. The highest BCUT2D eigenvalue weighted by molar-refractivity contribution is 8.00. The van der Waals surface area contributed by atoms with Gasteiger partial charge in [-0.1, -0.05) is 0 Å². The lowest BCUT2D eigenvalue weighted by Crippen LogP contribution is -2.40. The zero-order chi connectivity index (χ0) is 16.2. The number of carbonyl (C=O) groups excluding carboxylic acids is 1. The van der Waals surface area contributed by atoms with Crippen molar-refractivity contribution in [1.82, 2.24) is 15.1 Å². The summed E-state index contributed by atoms with van der Waals surface area (Å²) in [4.78, 5) is 15.2. The molecule has 1 aliphatic heterocycles. The Hall–Kier alpha value is -1.47. The summed E-state index contributed by atoms with van der Waals surface area (Å²) in [5, 5.41) is 10.3. The van der Waals surface area contributed by atoms with Crippen LogP contribution >= 0.6 is 23.1 Å². The second kappa shape index (κ2) is 7.40. The lowest BCUT2D eigenvalue weighted by molar-refractivity contribution is -0.129. The number of aromatic nitrogens is 2. The van der Waals surface area contributed by atoms with Crippen LogP contribution in [0.3, 0.4) is 0 Å². The van der Waals surface area contributed by atoms with E-state index in [4.69, 9.17) is 0 Å². The predicted molar refractivity (Wildman–Crippen MR) is 90.3 cm³/mol. The zero-order valence-corrected chi connectivity index (χ0v) is 14.5. The molecular weight excluding hydrogens is 333 g/mol. The molecule has 2 aromatic rings. The molecule has 0 unspecified atom stereocenters. The molecule has 0 bridgehead atoms. The normalized spacial score (nSPS) is 18.2. The molecule has 0 N–H and O–H groups in total. The van der Waals surface area contributed by atoms with Crippen molar-refractivity contribution in [2.45, 2.75) is 30.6 Å². The van der Waals surface area contributed by atoms with Gasteiger partial charge >= 0.3 is 0 Å². The SMILES string of the molecule is Cc1nnc([C@@H]2CCCN(C(=O)CSc3ccc(F)cc3)C2)s1. The van der Waals surface area contributed by atoms with E-state index in [1.165, 1.54) is 23.9 Å². The van der Waals surface area contributed by atoms with Crippen LogP contribution in [-0.2, 0) is 4.79 Å². The standard InChI is InChI=1S/C16H18FN3OS2/c1-11-18-19-16(23-11)12-3-2-8-20(9-12)15(21)10-22-14-6-4-13(17)5-7-14/h4-7,12H,2-3,8-10H2,1H3/t12-/m1/s1. The topological polar surface area (TPSA) is 46.1 Å². The van der Waals surface area contributed by atoms with E-state index in [0.29, 0.717) is 11.7 Å². The Kier molecular flexibility index (Phi) is 5.27. The van der Waals surface area contributed by atoms with Crippen molar-refractivity contribution in [2.75, 3.05) is 18.8 Å². The summed E-state index contributed by atoms with van der Waals surface area (Å²) in [6.07, 6.45) is 2.06. The number of thioether (sulfide) groups is 1. The second-order valence-corrected chi connectivity index (χ2v) is 7.84. The Morgan fingerprint density at radius 1 is 1.39 bits per heavy atom. The molecule has 4 nitrogen and oxygen atoms in total. The average Bonchev–Trinajstić information content (AvgIpc) is 3.01. The molecule has 1 amide bonds. The van der Waals surface area contributed by atoms with Gasteiger partial charge in [-0.2, -0.15) is 0 Å². The maximum atomic E-state index is 12.9. The smallest absolute Gasteiger partial charge is 0.232 e. The van der Waals surface area contributed by atoms with Crippen LogP contribution in [0, 0.1) is 12.7 Å². The minimum absolute atomic E-state index is 0.130. The van der Waals surface area contributed by atoms with Crippen molar-refractivity contribution in [3.05, 3.63) is 40.1 Å². The van der Waals surface area contributed by atoms with E-state index in [2.05, 4.69) is 10.2 Å². The summed E-state index contributed by atoms with van der Waals surface area (Å²) in [6, 6.07) is 6.25. The van der Waals surface area contributed by atoms with E-state index in [9.17, 15) is 9.18 Å². The fourth-order valence-electron chi connectivity index (χ4n) is 2.65. The number of aryl methyl sites for hydroxylation is 1. The first-order valence-corrected chi connectivity index (χ1v) is 9.38. The van der Waals surface area contributed by atoms with Crippen molar-refractivity contribution in [2.24, 2.45) is 0 Å². The fourth-order valence-corrected chi connectivity index (χ4v) is 4.28. The number of nitrogens with zero attached hydrogens (tertiary/aromatic N) is 3. The molecule has 0 saturated carbocycles. The maximum Gasteiger partial charge on any atom is 0.232 e. The maximum absolute atomic E-state index is 12.9. The predicted octanol–water partition coefficient (Wildman–Crippen LogP) is 3.48. The molecule has 0 aliphatic carbocycles. The van der Waals surface area contributed by atoms with Gasteiger partial charge < -0.3 is 4.90 Å². The number of benzene rings is 1. The monoisotopic (exact) mass is 351 g/mol. The molecule has 1 aliphatic rings. The van der Waals surface area contributed by atoms with Crippen LogP contribution in [0.4, 0.5) is 4.39 Å². The lowest BCUT2D eigenvalue weighted by atomic mass is 9.99. The van der Waals surface area contributed by atoms with Crippen LogP contribution in [0.15, 0.2) is 29.2 Å². The molecule has 1 aromatic heterocycles. The van der Waals surface area contributed by atoms with Crippen LogP contribution in [0.5, 0.6) is 0 Å². The molecular formula is C16H18FN3OS2. The van der Waals surface area contributed by atoms with Gasteiger partial charge in [-0.3, -0.25) is 4.79 Å². The number of hydrogen-bond donors (Lipinski definition) is 0. The number of amides is 1. The van der Waals surface area contributed by atoms with Gasteiger partial charge in [0.25, 0.3) is 0 Å². The quantitative estimate of drug-likeness (QED) is 0.791. The number of hydrogen-bond acceptors (Lipinski definition) is 5. The van der Waals surface area contributed by atoms with Crippen LogP contribution < -0.4 is 0 Å². The minimum atomic E-state index is -0.258. The molecule has 0 radical (unpaired) electrons. The van der Waals surface area contributed by atoms with Crippen LogP contribution in [0.25, 0.3) is 0 Å². The molecule has 1 fully saturated rings. The summed E-state index contributed by atoms with van der Waals surface area (Å²) in [5.41, 5.74) is 0. The Bertz CT molecular complexity index is 674. The number of likely N-dealkylation sites (tertiary alicyclic amines) is 1. The van der Waals surface area contributed by atoms with Gasteiger partial charge in [0.1, 0.15) is 15.8 Å². The molecule has 1 atom stereocenters. The van der Waals surface area contributed by atoms with Crippen LogP contribution in [0.1, 0.15) is 28.8 Å². The summed E-state index contributed by atoms with van der Waals surface area (Å²) in [6.45, 7) is 3.47. The van der Waals surface area contributed by atoms with Gasteiger partial charge in [0.2, 0.25) is 5.91 Å². The number of halogens is 1. The molecule has 1 saturated heterocycles. The van der Waals surface area contributed by atoms with Crippen molar-refractivity contribution in [3.63, 3.8) is 0 Å². The van der Waals surface area contributed by atoms with Gasteiger partial charge in [-0.05, 0) is 44.0 Å². The minimum Gasteiger partial charge on any atom is -0.341 e. The summed E-state index contributed by atoms with van der Waals surface area (Å²) in [5.74, 6) is 0.555. The third kappa shape index (κ3) is 4.29. The largest absolute Gasteiger partial charge is 0.341 e. The highest BCUT2D eigenvalue weighted by atomic mass is 32.2. The van der Waals surface area contributed by atoms with Crippen molar-refractivity contribution >= 4 is 29.0 Å².